The molecule has 68 valence electrons. The second-order valence-corrected chi connectivity index (χ2v) is 4.43. The third-order valence-corrected chi connectivity index (χ3v) is 3.34. The summed E-state index contributed by atoms with van der Waals surface area (Å²) in [7, 11) is 1.80. The number of hydrogen-bond acceptors (Lipinski definition) is 3. The average molecular weight is 211 g/mol. The number of fused-ring (bicyclic) bond motifs is 1. The van der Waals surface area contributed by atoms with E-state index in [9.17, 15) is 4.79 Å². The van der Waals surface area contributed by atoms with Crippen molar-refractivity contribution >= 4 is 36.0 Å². The maximum absolute atomic E-state index is 11.3. The summed E-state index contributed by atoms with van der Waals surface area (Å²) >= 11 is 5.83. The summed E-state index contributed by atoms with van der Waals surface area (Å²) in [6, 6.07) is 5.82. The van der Waals surface area contributed by atoms with Crippen LogP contribution in [0.3, 0.4) is 0 Å². The molecule has 1 aliphatic heterocycles. The second kappa shape index (κ2) is 3.27. The lowest BCUT2D eigenvalue weighted by molar-refractivity contribution is -0.116. The molecule has 13 heavy (non-hydrogen) atoms. The van der Waals surface area contributed by atoms with Crippen LogP contribution in [0.1, 0.15) is 0 Å². The van der Waals surface area contributed by atoms with E-state index in [1.165, 1.54) is 0 Å². The van der Waals surface area contributed by atoms with Gasteiger partial charge in [-0.1, -0.05) is 0 Å². The van der Waals surface area contributed by atoms with Gasteiger partial charge in [0.1, 0.15) is 0 Å². The van der Waals surface area contributed by atoms with Gasteiger partial charge in [0.15, 0.2) is 0 Å². The normalized spacial score (nSPS) is 15.8. The number of nitrogens with zero attached hydrogens (tertiary/aromatic N) is 1. The Kier molecular flexibility index (Phi) is 2.26. The molecule has 0 atom stereocenters. The largest absolute Gasteiger partial charge is 0.314 e. The van der Waals surface area contributed by atoms with Gasteiger partial charge in [0.2, 0.25) is 5.91 Å². The highest BCUT2D eigenvalue weighted by Crippen LogP contribution is 2.35. The predicted molar refractivity (Wildman–Crippen MR) is 57.8 cm³/mol. The molecule has 1 aromatic rings. The van der Waals surface area contributed by atoms with E-state index < -0.39 is 0 Å². The van der Waals surface area contributed by atoms with Gasteiger partial charge in [0.05, 0.1) is 11.4 Å². The molecule has 0 unspecified atom stereocenters. The van der Waals surface area contributed by atoms with Crippen LogP contribution < -0.4 is 4.90 Å². The van der Waals surface area contributed by atoms with Gasteiger partial charge in [-0.15, -0.1) is 24.4 Å². The van der Waals surface area contributed by atoms with Crippen molar-refractivity contribution in [3.05, 3.63) is 18.2 Å². The van der Waals surface area contributed by atoms with Gasteiger partial charge in [-0.3, -0.25) is 4.79 Å². The van der Waals surface area contributed by atoms with E-state index in [0.29, 0.717) is 5.75 Å². The lowest BCUT2D eigenvalue weighted by Gasteiger charge is -2.25. The number of amides is 1. The topological polar surface area (TPSA) is 20.3 Å². The average Bonchev–Trinajstić information content (AvgIpc) is 2.12. The number of benzene rings is 1. The van der Waals surface area contributed by atoms with Gasteiger partial charge in [-0.25, -0.2) is 0 Å². The molecule has 0 aromatic heterocycles. The van der Waals surface area contributed by atoms with Crippen LogP contribution in [0.4, 0.5) is 5.69 Å². The molecule has 1 amide bonds. The smallest absolute Gasteiger partial charge is 0.237 e. The summed E-state index contributed by atoms with van der Waals surface area (Å²) in [5.74, 6) is 0.685. The molecule has 0 spiro atoms. The first-order valence-electron chi connectivity index (χ1n) is 3.91. The number of thiol groups is 1. The summed E-state index contributed by atoms with van der Waals surface area (Å²) in [6.45, 7) is 0. The first kappa shape index (κ1) is 8.97. The van der Waals surface area contributed by atoms with Crippen LogP contribution in [0.15, 0.2) is 28.0 Å². The lowest BCUT2D eigenvalue weighted by Crippen LogP contribution is -2.31. The standard InChI is InChI=1S/C9H9NOS2/c1-10-7-3-2-6(12)4-8(7)13-5-9(10)11/h2-4,12H,5H2,1H3. The molecule has 0 fully saturated rings. The number of carbonyl (C=O) groups is 1. The van der Waals surface area contributed by atoms with Gasteiger partial charge in [0, 0.05) is 16.8 Å². The van der Waals surface area contributed by atoms with Crippen molar-refractivity contribution in [2.45, 2.75) is 9.79 Å². The van der Waals surface area contributed by atoms with Gasteiger partial charge in [-0.05, 0) is 18.2 Å². The lowest BCUT2D eigenvalue weighted by atomic mass is 10.3. The number of anilines is 1. The van der Waals surface area contributed by atoms with Crippen LogP contribution in [0.25, 0.3) is 0 Å². The molecule has 0 saturated carbocycles. The Bertz CT molecular complexity index is 365. The fourth-order valence-electron chi connectivity index (χ4n) is 1.27. The molecule has 1 heterocycles. The Morgan fingerprint density at radius 3 is 3.08 bits per heavy atom. The molecule has 4 heteroatoms. The fraction of sp³-hybridized carbons (Fsp3) is 0.222. The number of hydrogen-bond donors (Lipinski definition) is 1. The molecular formula is C9H9NOS2. The molecule has 1 aromatic carbocycles. The number of rotatable bonds is 0. The predicted octanol–water partition coefficient (Wildman–Crippen LogP) is 2.04. The highest BCUT2D eigenvalue weighted by atomic mass is 32.2. The van der Waals surface area contributed by atoms with Crippen LogP contribution in [0, 0.1) is 0 Å². The van der Waals surface area contributed by atoms with Crippen molar-refractivity contribution in [2.75, 3.05) is 17.7 Å². The first-order valence-corrected chi connectivity index (χ1v) is 5.34. The molecule has 2 rings (SSSR count). The Hall–Kier alpha value is -0.610. The van der Waals surface area contributed by atoms with E-state index in [1.807, 2.05) is 18.2 Å². The summed E-state index contributed by atoms with van der Waals surface area (Å²) in [4.78, 5) is 15.1. The van der Waals surface area contributed by atoms with Crippen molar-refractivity contribution in [1.82, 2.24) is 0 Å². The van der Waals surface area contributed by atoms with E-state index in [4.69, 9.17) is 0 Å². The molecular weight excluding hydrogens is 202 g/mol. The third-order valence-electron chi connectivity index (χ3n) is 2.03. The second-order valence-electron chi connectivity index (χ2n) is 2.89. The Morgan fingerprint density at radius 2 is 2.31 bits per heavy atom. The summed E-state index contributed by atoms with van der Waals surface area (Å²) < 4.78 is 0. The van der Waals surface area contributed by atoms with Crippen molar-refractivity contribution in [3.63, 3.8) is 0 Å². The number of carbonyl (C=O) groups excluding carboxylic acids is 1. The highest BCUT2D eigenvalue weighted by Gasteiger charge is 2.20. The van der Waals surface area contributed by atoms with Gasteiger partial charge in [0.25, 0.3) is 0 Å². The van der Waals surface area contributed by atoms with Gasteiger partial charge >= 0.3 is 0 Å². The molecule has 2 nitrogen and oxygen atoms in total. The maximum Gasteiger partial charge on any atom is 0.237 e. The zero-order valence-electron chi connectivity index (χ0n) is 7.15. The summed E-state index contributed by atoms with van der Waals surface area (Å²) in [5, 5.41) is 0. The molecule has 1 aliphatic rings. The van der Waals surface area contributed by atoms with E-state index in [1.54, 1.807) is 23.7 Å². The van der Waals surface area contributed by atoms with Crippen LogP contribution in [-0.4, -0.2) is 18.7 Å². The molecule has 0 radical (unpaired) electrons. The van der Waals surface area contributed by atoms with Crippen molar-refractivity contribution in [3.8, 4) is 0 Å². The molecule has 0 N–H and O–H groups in total. The minimum absolute atomic E-state index is 0.157. The van der Waals surface area contributed by atoms with E-state index in [0.717, 1.165) is 15.5 Å². The Labute approximate surface area is 86.7 Å². The van der Waals surface area contributed by atoms with E-state index in [2.05, 4.69) is 12.6 Å². The molecule has 0 aliphatic carbocycles. The highest BCUT2D eigenvalue weighted by molar-refractivity contribution is 8.00. The minimum Gasteiger partial charge on any atom is -0.314 e. The fourth-order valence-corrected chi connectivity index (χ4v) is 2.59. The zero-order valence-corrected chi connectivity index (χ0v) is 8.86. The van der Waals surface area contributed by atoms with Crippen molar-refractivity contribution in [1.29, 1.82) is 0 Å². The van der Waals surface area contributed by atoms with Crippen LogP contribution in [0.5, 0.6) is 0 Å². The SMILES string of the molecule is CN1C(=O)CSc2cc(S)ccc21. The minimum atomic E-state index is 0.157. The summed E-state index contributed by atoms with van der Waals surface area (Å²) in [5.41, 5.74) is 0.985. The van der Waals surface area contributed by atoms with Crippen molar-refractivity contribution < 1.29 is 4.79 Å². The maximum atomic E-state index is 11.3. The Morgan fingerprint density at radius 1 is 1.54 bits per heavy atom. The van der Waals surface area contributed by atoms with Gasteiger partial charge in [-0.2, -0.15) is 0 Å². The molecule has 0 saturated heterocycles. The van der Waals surface area contributed by atoms with Crippen LogP contribution in [0.2, 0.25) is 0 Å². The van der Waals surface area contributed by atoms with Gasteiger partial charge < -0.3 is 4.90 Å². The van der Waals surface area contributed by atoms with Crippen molar-refractivity contribution in [2.24, 2.45) is 0 Å². The summed E-state index contributed by atoms with van der Waals surface area (Å²) in [6.07, 6.45) is 0. The molecule has 0 bridgehead atoms. The van der Waals surface area contributed by atoms with Crippen LogP contribution >= 0.6 is 24.4 Å². The third kappa shape index (κ3) is 1.56. The van der Waals surface area contributed by atoms with E-state index in [-0.39, 0.29) is 5.91 Å². The van der Waals surface area contributed by atoms with Crippen LogP contribution in [-0.2, 0) is 4.79 Å². The Balaban J connectivity index is 2.49. The monoisotopic (exact) mass is 211 g/mol. The quantitative estimate of drug-likeness (QED) is 0.663. The zero-order chi connectivity index (χ0) is 9.42. The number of thioether (sulfide) groups is 1. The van der Waals surface area contributed by atoms with E-state index >= 15 is 0 Å². The first-order chi connectivity index (χ1) is 6.18.